The quantitative estimate of drug-likeness (QED) is 0.732. The van der Waals surface area contributed by atoms with Gasteiger partial charge in [0.25, 0.3) is 0 Å². The molecule has 8 heteroatoms. The molecule has 1 aromatic carbocycles. The number of aryl methyl sites for hydroxylation is 1. The monoisotopic (exact) mass is 378 g/mol. The van der Waals surface area contributed by atoms with Crippen molar-refractivity contribution in [2.24, 2.45) is 0 Å². The molecule has 2 rings (SSSR count). The second-order valence-electron chi connectivity index (χ2n) is 5.70. The van der Waals surface area contributed by atoms with Crippen LogP contribution in [-0.4, -0.2) is 39.5 Å². The second kappa shape index (κ2) is 8.48. The fourth-order valence-corrected chi connectivity index (χ4v) is 2.94. The molecule has 0 radical (unpaired) electrons. The van der Waals surface area contributed by atoms with Gasteiger partial charge in [-0.15, -0.1) is 0 Å². The largest absolute Gasteiger partial charge is 0.507 e. The maximum absolute atomic E-state index is 12.4. The summed E-state index contributed by atoms with van der Waals surface area (Å²) in [6, 6.07) is 4.56. The number of rotatable bonds is 7. The van der Waals surface area contributed by atoms with Gasteiger partial charge in [0.15, 0.2) is 11.5 Å². The summed E-state index contributed by atoms with van der Waals surface area (Å²) in [6.45, 7) is 1.54. The molecule has 1 heterocycles. The van der Waals surface area contributed by atoms with Crippen LogP contribution in [0.4, 0.5) is 0 Å². The van der Waals surface area contributed by atoms with Crippen LogP contribution in [0.1, 0.15) is 29.2 Å². The van der Waals surface area contributed by atoms with Gasteiger partial charge in [-0.3, -0.25) is 4.79 Å². The Balaban J connectivity index is 2.77. The third-order valence-electron chi connectivity index (χ3n) is 4.15. The Hall–Kier alpha value is -3.16. The summed E-state index contributed by atoms with van der Waals surface area (Å²) in [7, 11) is 5.58. The number of methoxy groups -OCH3 is 4. The highest BCUT2D eigenvalue weighted by atomic mass is 16.5. The summed E-state index contributed by atoms with van der Waals surface area (Å²) in [4.78, 5) is 24.4. The molecule has 0 unspecified atom stereocenters. The van der Waals surface area contributed by atoms with Gasteiger partial charge in [0.1, 0.15) is 11.5 Å². The zero-order valence-corrected chi connectivity index (χ0v) is 15.8. The highest BCUT2D eigenvalue weighted by Gasteiger charge is 2.30. The fourth-order valence-electron chi connectivity index (χ4n) is 2.94. The number of esters is 1. The van der Waals surface area contributed by atoms with E-state index in [9.17, 15) is 14.7 Å². The minimum Gasteiger partial charge on any atom is -0.507 e. The van der Waals surface area contributed by atoms with E-state index in [1.807, 2.05) is 0 Å². The minimum absolute atomic E-state index is 0.0727. The van der Waals surface area contributed by atoms with Gasteiger partial charge < -0.3 is 28.5 Å². The molecule has 0 spiro atoms. The van der Waals surface area contributed by atoms with Crippen molar-refractivity contribution in [3.05, 3.63) is 45.5 Å². The minimum atomic E-state index is -0.885. The second-order valence-corrected chi connectivity index (χ2v) is 5.70. The Morgan fingerprint density at radius 2 is 1.78 bits per heavy atom. The third kappa shape index (κ3) is 3.99. The first-order valence-electron chi connectivity index (χ1n) is 8.07. The maximum atomic E-state index is 12.4. The average Bonchev–Trinajstić information content (AvgIpc) is 2.64. The zero-order valence-electron chi connectivity index (χ0n) is 15.8. The van der Waals surface area contributed by atoms with Crippen molar-refractivity contribution in [2.45, 2.75) is 19.3 Å². The lowest BCUT2D eigenvalue weighted by Gasteiger charge is -2.22. The molecule has 0 amide bonds. The van der Waals surface area contributed by atoms with Gasteiger partial charge in [-0.25, -0.2) is 4.79 Å². The first kappa shape index (κ1) is 20.2. The van der Waals surface area contributed by atoms with Gasteiger partial charge in [-0.1, -0.05) is 6.07 Å². The maximum Gasteiger partial charge on any atom is 0.343 e. The lowest BCUT2D eigenvalue weighted by Crippen LogP contribution is -2.19. The Morgan fingerprint density at radius 1 is 1.11 bits per heavy atom. The van der Waals surface area contributed by atoms with E-state index in [1.54, 1.807) is 12.1 Å². The molecule has 146 valence electrons. The summed E-state index contributed by atoms with van der Waals surface area (Å²) in [5, 5.41) is 10.4. The lowest BCUT2D eigenvalue weighted by molar-refractivity contribution is -0.140. The Kier molecular flexibility index (Phi) is 6.33. The van der Waals surface area contributed by atoms with Crippen LogP contribution in [-0.2, 0) is 9.53 Å². The van der Waals surface area contributed by atoms with E-state index in [-0.39, 0.29) is 29.2 Å². The van der Waals surface area contributed by atoms with Crippen LogP contribution in [0.15, 0.2) is 27.4 Å². The van der Waals surface area contributed by atoms with Crippen LogP contribution in [0.3, 0.4) is 0 Å². The van der Waals surface area contributed by atoms with Crippen molar-refractivity contribution in [1.82, 2.24) is 0 Å². The van der Waals surface area contributed by atoms with Gasteiger partial charge in [0.2, 0.25) is 5.75 Å². The predicted octanol–water partition coefficient (Wildman–Crippen LogP) is 2.37. The highest BCUT2D eigenvalue weighted by molar-refractivity contribution is 5.72. The first-order chi connectivity index (χ1) is 12.9. The molecule has 1 aromatic heterocycles. The summed E-state index contributed by atoms with van der Waals surface area (Å²) >= 11 is 0. The van der Waals surface area contributed by atoms with Gasteiger partial charge in [-0.2, -0.15) is 0 Å². The standard InChI is InChI=1S/C19H22O8/c1-10-8-13(20)16(19(22)27-10)12(9-15(21)24-3)11-6-7-14(23-2)18(26-5)17(11)25-4/h6-8,12,20H,9H2,1-5H3/t12-/m0/s1. The van der Waals surface area contributed by atoms with Crippen molar-refractivity contribution in [3.8, 4) is 23.0 Å². The Bertz CT molecular complexity index is 884. The number of carbonyl (C=O) groups excluding carboxylic acids is 1. The Morgan fingerprint density at radius 3 is 2.30 bits per heavy atom. The molecular formula is C19H22O8. The van der Waals surface area contributed by atoms with Crippen molar-refractivity contribution in [1.29, 1.82) is 0 Å². The van der Waals surface area contributed by atoms with Crippen LogP contribution in [0, 0.1) is 6.92 Å². The van der Waals surface area contributed by atoms with Crippen LogP contribution in [0.2, 0.25) is 0 Å². The normalized spacial score (nSPS) is 11.6. The fraction of sp³-hybridized carbons (Fsp3) is 0.368. The van der Waals surface area contributed by atoms with Crippen LogP contribution >= 0.6 is 0 Å². The van der Waals surface area contributed by atoms with E-state index < -0.39 is 17.5 Å². The van der Waals surface area contributed by atoms with Crippen LogP contribution in [0.25, 0.3) is 0 Å². The van der Waals surface area contributed by atoms with Crippen molar-refractivity contribution >= 4 is 5.97 Å². The Labute approximate surface area is 156 Å². The molecule has 27 heavy (non-hydrogen) atoms. The molecule has 8 nitrogen and oxygen atoms in total. The molecule has 0 bridgehead atoms. The summed E-state index contributed by atoms with van der Waals surface area (Å²) in [6.07, 6.45) is -0.219. The molecule has 2 aromatic rings. The molecular weight excluding hydrogens is 356 g/mol. The van der Waals surface area contributed by atoms with Gasteiger partial charge in [-0.05, 0) is 13.0 Å². The van der Waals surface area contributed by atoms with Gasteiger partial charge in [0, 0.05) is 17.5 Å². The van der Waals surface area contributed by atoms with E-state index in [1.165, 1.54) is 41.4 Å². The summed E-state index contributed by atoms with van der Waals surface area (Å²) < 4.78 is 26.0. The summed E-state index contributed by atoms with van der Waals surface area (Å²) in [5.41, 5.74) is -0.387. The topological polar surface area (TPSA) is 104 Å². The first-order valence-corrected chi connectivity index (χ1v) is 8.07. The van der Waals surface area contributed by atoms with Gasteiger partial charge >= 0.3 is 11.6 Å². The summed E-state index contributed by atoms with van der Waals surface area (Å²) in [5.74, 6) is -0.518. The van der Waals surface area contributed by atoms with E-state index in [0.29, 0.717) is 17.1 Å². The number of benzene rings is 1. The smallest absolute Gasteiger partial charge is 0.343 e. The molecule has 0 aliphatic heterocycles. The van der Waals surface area contributed by atoms with E-state index in [0.717, 1.165) is 0 Å². The third-order valence-corrected chi connectivity index (χ3v) is 4.15. The number of aromatic hydroxyl groups is 1. The number of hydrogen-bond donors (Lipinski definition) is 1. The van der Waals surface area contributed by atoms with E-state index >= 15 is 0 Å². The zero-order chi connectivity index (χ0) is 20.1. The number of hydrogen-bond acceptors (Lipinski definition) is 8. The van der Waals surface area contributed by atoms with E-state index in [2.05, 4.69) is 0 Å². The van der Waals surface area contributed by atoms with Crippen molar-refractivity contribution < 1.29 is 33.3 Å². The molecule has 0 fully saturated rings. The SMILES string of the molecule is COC(=O)C[C@@H](c1ccc(OC)c(OC)c1OC)c1c(O)cc(C)oc1=O. The molecule has 0 saturated carbocycles. The van der Waals surface area contributed by atoms with Gasteiger partial charge in [0.05, 0.1) is 40.4 Å². The molecule has 0 aliphatic rings. The molecule has 0 saturated heterocycles. The molecule has 1 atom stereocenters. The highest BCUT2D eigenvalue weighted by Crippen LogP contribution is 2.45. The number of carbonyl (C=O) groups is 1. The molecule has 1 N–H and O–H groups in total. The molecule has 0 aliphatic carbocycles. The van der Waals surface area contributed by atoms with Crippen LogP contribution < -0.4 is 19.8 Å². The lowest BCUT2D eigenvalue weighted by atomic mass is 9.87. The van der Waals surface area contributed by atoms with Crippen molar-refractivity contribution in [3.63, 3.8) is 0 Å². The van der Waals surface area contributed by atoms with Crippen LogP contribution in [0.5, 0.6) is 23.0 Å². The average molecular weight is 378 g/mol. The van der Waals surface area contributed by atoms with E-state index in [4.69, 9.17) is 23.4 Å². The van der Waals surface area contributed by atoms with Crippen molar-refractivity contribution in [2.75, 3.05) is 28.4 Å². The predicted molar refractivity (Wildman–Crippen MR) is 96.0 cm³/mol. The number of ether oxygens (including phenoxy) is 4.